The zero-order valence-corrected chi connectivity index (χ0v) is 21.2. The van der Waals surface area contributed by atoms with Crippen molar-refractivity contribution in [1.82, 2.24) is 10.5 Å². The molecule has 8 nitrogen and oxygen atoms in total. The molecule has 0 saturated carbocycles. The largest absolute Gasteiger partial charge is 0.497 e. The lowest BCUT2D eigenvalue weighted by Gasteiger charge is -2.10. The molecule has 0 aliphatic carbocycles. The number of hydrogen-bond donors (Lipinski definition) is 2. The number of carboxylic acids is 1. The van der Waals surface area contributed by atoms with Crippen LogP contribution in [0.5, 0.6) is 11.5 Å². The van der Waals surface area contributed by atoms with Crippen molar-refractivity contribution in [2.75, 3.05) is 20.3 Å². The van der Waals surface area contributed by atoms with Crippen LogP contribution in [0.3, 0.4) is 0 Å². The molecule has 190 valence electrons. The molecule has 0 aliphatic rings. The van der Waals surface area contributed by atoms with Gasteiger partial charge in [-0.05, 0) is 48.0 Å². The van der Waals surface area contributed by atoms with E-state index in [0.717, 1.165) is 0 Å². The van der Waals surface area contributed by atoms with Gasteiger partial charge < -0.3 is 24.4 Å². The number of ether oxygens (including phenoxy) is 2. The highest BCUT2D eigenvalue weighted by molar-refractivity contribution is 6.35. The maximum atomic E-state index is 13.3. The summed E-state index contributed by atoms with van der Waals surface area (Å²) < 4.78 is 16.5. The Labute approximate surface area is 222 Å². The molecule has 1 amide bonds. The third kappa shape index (κ3) is 6.41. The van der Waals surface area contributed by atoms with Gasteiger partial charge in [0.25, 0.3) is 5.91 Å². The minimum Gasteiger partial charge on any atom is -0.497 e. The fraction of sp³-hybridized carbons (Fsp3) is 0.148. The van der Waals surface area contributed by atoms with Crippen LogP contribution in [0.1, 0.15) is 15.9 Å². The summed E-state index contributed by atoms with van der Waals surface area (Å²) in [6.45, 7) is 0.345. The summed E-state index contributed by atoms with van der Waals surface area (Å²) >= 11 is 12.0. The van der Waals surface area contributed by atoms with E-state index in [4.69, 9.17) is 42.3 Å². The third-order valence-electron chi connectivity index (χ3n) is 5.39. The van der Waals surface area contributed by atoms with Crippen LogP contribution in [0.2, 0.25) is 10.0 Å². The van der Waals surface area contributed by atoms with Crippen LogP contribution < -0.4 is 14.8 Å². The van der Waals surface area contributed by atoms with E-state index in [1.165, 1.54) is 0 Å². The van der Waals surface area contributed by atoms with Crippen molar-refractivity contribution >= 4 is 35.1 Å². The van der Waals surface area contributed by atoms with Gasteiger partial charge in [-0.2, -0.15) is 0 Å². The average Bonchev–Trinajstić information content (AvgIpc) is 3.33. The van der Waals surface area contributed by atoms with Crippen molar-refractivity contribution in [3.63, 3.8) is 0 Å². The SMILES string of the molecule is COc1ccc(-c2onc(-c3ccc(CC(=O)O)cc3)c2C(=O)NCCOc2ccc(Cl)cc2Cl)cc1. The number of halogens is 2. The Balaban J connectivity index is 1.57. The Morgan fingerprint density at radius 1 is 1.00 bits per heavy atom. The molecule has 0 atom stereocenters. The van der Waals surface area contributed by atoms with E-state index in [1.54, 1.807) is 73.8 Å². The number of nitrogens with zero attached hydrogens (tertiary/aromatic N) is 1. The summed E-state index contributed by atoms with van der Waals surface area (Å²) in [4.78, 5) is 24.3. The lowest BCUT2D eigenvalue weighted by molar-refractivity contribution is -0.136. The second-order valence-electron chi connectivity index (χ2n) is 7.91. The summed E-state index contributed by atoms with van der Waals surface area (Å²) in [5.41, 5.74) is 2.43. The number of carbonyl (C=O) groups is 2. The number of hydrogen-bond acceptors (Lipinski definition) is 6. The standard InChI is InChI=1S/C27H22Cl2N2O6/c1-35-20-9-6-18(7-10-20)26-24(25(31-37-26)17-4-2-16(3-5-17)14-23(32)33)27(34)30-12-13-36-22-11-8-19(28)15-21(22)29/h2-11,15H,12-14H2,1H3,(H,30,34)(H,32,33). The summed E-state index contributed by atoms with van der Waals surface area (Å²) in [5, 5.41) is 16.9. The maximum absolute atomic E-state index is 13.3. The van der Waals surface area contributed by atoms with Gasteiger partial charge in [0.2, 0.25) is 0 Å². The zero-order chi connectivity index (χ0) is 26.4. The van der Waals surface area contributed by atoms with Crippen molar-refractivity contribution in [3.05, 3.63) is 87.9 Å². The van der Waals surface area contributed by atoms with Crippen molar-refractivity contribution in [2.24, 2.45) is 0 Å². The highest BCUT2D eigenvalue weighted by atomic mass is 35.5. The fourth-order valence-corrected chi connectivity index (χ4v) is 4.06. The molecule has 3 aromatic carbocycles. The Kier molecular flexibility index (Phi) is 8.32. The Morgan fingerprint density at radius 3 is 2.35 bits per heavy atom. The lowest BCUT2D eigenvalue weighted by atomic mass is 10.00. The number of aliphatic carboxylic acids is 1. The van der Waals surface area contributed by atoms with Crippen molar-refractivity contribution in [2.45, 2.75) is 6.42 Å². The molecule has 0 unspecified atom stereocenters. The number of carbonyl (C=O) groups excluding carboxylic acids is 1. The molecule has 4 aromatic rings. The number of carboxylic acid groups (broad SMARTS) is 1. The van der Waals surface area contributed by atoms with Gasteiger partial charge in [-0.3, -0.25) is 9.59 Å². The molecule has 1 aromatic heterocycles. The number of benzene rings is 3. The summed E-state index contributed by atoms with van der Waals surface area (Å²) in [7, 11) is 1.56. The zero-order valence-electron chi connectivity index (χ0n) is 19.7. The molecule has 2 N–H and O–H groups in total. The van der Waals surface area contributed by atoms with E-state index in [1.807, 2.05) is 0 Å². The van der Waals surface area contributed by atoms with Crippen LogP contribution in [0.15, 0.2) is 71.3 Å². The summed E-state index contributed by atoms with van der Waals surface area (Å²) in [6, 6.07) is 18.7. The summed E-state index contributed by atoms with van der Waals surface area (Å²) in [5.74, 6) is 0.0416. The Morgan fingerprint density at radius 2 is 1.70 bits per heavy atom. The number of aromatic nitrogens is 1. The van der Waals surface area contributed by atoms with Crippen molar-refractivity contribution in [1.29, 1.82) is 0 Å². The number of rotatable bonds is 10. The van der Waals surface area contributed by atoms with Crippen LogP contribution in [0.4, 0.5) is 0 Å². The van der Waals surface area contributed by atoms with E-state index >= 15 is 0 Å². The van der Waals surface area contributed by atoms with Gasteiger partial charge in [0.1, 0.15) is 29.4 Å². The van der Waals surface area contributed by atoms with Crippen molar-refractivity contribution in [3.8, 4) is 34.1 Å². The molecule has 37 heavy (non-hydrogen) atoms. The first-order chi connectivity index (χ1) is 17.9. The van der Waals surface area contributed by atoms with Crippen molar-refractivity contribution < 1.29 is 28.7 Å². The Hall–Kier alpha value is -4.01. The molecule has 10 heteroatoms. The normalized spacial score (nSPS) is 10.7. The molecule has 1 heterocycles. The van der Waals surface area contributed by atoms with E-state index in [0.29, 0.717) is 43.9 Å². The molecule has 0 bridgehead atoms. The van der Waals surface area contributed by atoms with Gasteiger partial charge in [0.05, 0.1) is 25.1 Å². The van der Waals surface area contributed by atoms with Crippen LogP contribution >= 0.6 is 23.2 Å². The van der Waals surface area contributed by atoms with Crippen LogP contribution in [-0.2, 0) is 11.2 Å². The molecule has 4 rings (SSSR count). The molecule has 0 spiro atoms. The second-order valence-corrected chi connectivity index (χ2v) is 8.75. The highest BCUT2D eigenvalue weighted by Crippen LogP contribution is 2.33. The van der Waals surface area contributed by atoms with E-state index in [9.17, 15) is 9.59 Å². The average molecular weight is 541 g/mol. The lowest BCUT2D eigenvalue weighted by Crippen LogP contribution is -2.28. The topological polar surface area (TPSA) is 111 Å². The molecule has 0 aliphatic heterocycles. The maximum Gasteiger partial charge on any atom is 0.307 e. The molecule has 0 fully saturated rings. The number of methoxy groups -OCH3 is 1. The molecule has 0 radical (unpaired) electrons. The smallest absolute Gasteiger partial charge is 0.307 e. The van der Waals surface area contributed by atoms with E-state index in [2.05, 4.69) is 10.5 Å². The van der Waals surface area contributed by atoms with Gasteiger partial charge in [0.15, 0.2) is 5.76 Å². The minimum absolute atomic E-state index is 0.110. The number of amides is 1. The van der Waals surface area contributed by atoms with E-state index in [-0.39, 0.29) is 30.9 Å². The van der Waals surface area contributed by atoms with Gasteiger partial charge in [-0.25, -0.2) is 0 Å². The quantitative estimate of drug-likeness (QED) is 0.246. The first-order valence-corrected chi connectivity index (χ1v) is 11.9. The van der Waals surface area contributed by atoms with Crippen LogP contribution in [0, 0.1) is 0 Å². The third-order valence-corrected chi connectivity index (χ3v) is 5.92. The monoisotopic (exact) mass is 540 g/mol. The predicted octanol–water partition coefficient (Wildman–Crippen LogP) is 5.76. The Bertz CT molecular complexity index is 1400. The number of nitrogens with one attached hydrogen (secondary N) is 1. The minimum atomic E-state index is -0.932. The van der Waals surface area contributed by atoms with E-state index < -0.39 is 11.9 Å². The predicted molar refractivity (Wildman–Crippen MR) is 140 cm³/mol. The molecule has 0 saturated heterocycles. The fourth-order valence-electron chi connectivity index (χ4n) is 3.60. The molecular formula is C27H22Cl2N2O6. The highest BCUT2D eigenvalue weighted by Gasteiger charge is 2.25. The first-order valence-electron chi connectivity index (χ1n) is 11.2. The van der Waals surface area contributed by atoms with Gasteiger partial charge in [0, 0.05) is 16.1 Å². The van der Waals surface area contributed by atoms with Crippen LogP contribution in [-0.4, -0.2) is 42.4 Å². The van der Waals surface area contributed by atoms with Gasteiger partial charge >= 0.3 is 5.97 Å². The second kappa shape index (κ2) is 11.8. The first kappa shape index (κ1) is 26.1. The summed E-state index contributed by atoms with van der Waals surface area (Å²) in [6.07, 6.45) is -0.110. The molecular weight excluding hydrogens is 519 g/mol. The van der Waals surface area contributed by atoms with Gasteiger partial charge in [-0.1, -0.05) is 52.6 Å². The van der Waals surface area contributed by atoms with Gasteiger partial charge in [-0.15, -0.1) is 0 Å². The van der Waals surface area contributed by atoms with Crippen LogP contribution in [0.25, 0.3) is 22.6 Å².